The second-order valence-electron chi connectivity index (χ2n) is 4.00. The Labute approximate surface area is 116 Å². The first-order valence-electron chi connectivity index (χ1n) is 5.73. The van der Waals surface area contributed by atoms with Gasteiger partial charge in [0.25, 0.3) is 0 Å². The number of anilines is 2. The number of amides is 1. The molecule has 19 heavy (non-hydrogen) atoms. The molecule has 1 rings (SSSR count). The molecule has 1 aromatic rings. The normalized spacial score (nSPS) is 12.0. The highest BCUT2D eigenvalue weighted by molar-refractivity contribution is 6.31. The zero-order chi connectivity index (χ0) is 14.4. The maximum Gasteiger partial charge on any atom is 0.242 e. The third-order valence-electron chi connectivity index (χ3n) is 2.46. The summed E-state index contributed by atoms with van der Waals surface area (Å²) in [5, 5.41) is 5.44. The Hall–Kier alpha value is -1.53. The van der Waals surface area contributed by atoms with Crippen LogP contribution in [0.2, 0.25) is 5.02 Å². The number of ether oxygens (including phenoxy) is 1. The quantitative estimate of drug-likeness (QED) is 0.549. The molecule has 0 radical (unpaired) electrons. The van der Waals surface area contributed by atoms with Gasteiger partial charge in [-0.05, 0) is 13.0 Å². The van der Waals surface area contributed by atoms with Crippen molar-refractivity contribution in [3.8, 4) is 0 Å². The molecule has 106 valence electrons. The zero-order valence-electron chi connectivity index (χ0n) is 10.8. The lowest BCUT2D eigenvalue weighted by molar-refractivity contribution is -0.121. The van der Waals surface area contributed by atoms with Crippen LogP contribution in [-0.2, 0) is 9.53 Å². The van der Waals surface area contributed by atoms with Gasteiger partial charge in [-0.1, -0.05) is 11.6 Å². The number of nitrogens with one attached hydrogen (secondary N) is 2. The van der Waals surface area contributed by atoms with Gasteiger partial charge in [0.05, 0.1) is 23.0 Å². The molecule has 0 saturated carbocycles. The van der Waals surface area contributed by atoms with Crippen molar-refractivity contribution in [1.29, 1.82) is 0 Å². The van der Waals surface area contributed by atoms with Crippen LogP contribution in [-0.4, -0.2) is 32.2 Å². The summed E-state index contributed by atoms with van der Waals surface area (Å²) in [5.74, 6) is -0.822. The van der Waals surface area contributed by atoms with Gasteiger partial charge >= 0.3 is 0 Å². The molecule has 1 amide bonds. The van der Waals surface area contributed by atoms with E-state index in [1.807, 2.05) is 0 Å². The minimum absolute atomic E-state index is 0.0553. The van der Waals surface area contributed by atoms with Crippen molar-refractivity contribution >= 4 is 28.9 Å². The van der Waals surface area contributed by atoms with Gasteiger partial charge in [0, 0.05) is 19.7 Å². The molecule has 0 aliphatic rings. The van der Waals surface area contributed by atoms with Crippen LogP contribution in [0.25, 0.3) is 0 Å². The van der Waals surface area contributed by atoms with E-state index in [0.29, 0.717) is 18.8 Å². The number of benzene rings is 1. The zero-order valence-corrected chi connectivity index (χ0v) is 11.6. The molecule has 0 fully saturated rings. The molecular formula is C12H17ClFN3O2. The molecule has 0 aromatic heterocycles. The average Bonchev–Trinajstić information content (AvgIpc) is 2.36. The van der Waals surface area contributed by atoms with E-state index in [-0.39, 0.29) is 16.6 Å². The van der Waals surface area contributed by atoms with Crippen molar-refractivity contribution < 1.29 is 13.9 Å². The molecule has 7 heteroatoms. The number of carbonyl (C=O) groups excluding carboxylic acids is 1. The van der Waals surface area contributed by atoms with Crippen LogP contribution in [0.15, 0.2) is 12.1 Å². The molecular weight excluding hydrogens is 273 g/mol. The van der Waals surface area contributed by atoms with Gasteiger partial charge in [0.1, 0.15) is 11.9 Å². The Morgan fingerprint density at radius 3 is 2.89 bits per heavy atom. The predicted molar refractivity (Wildman–Crippen MR) is 73.8 cm³/mol. The Balaban J connectivity index is 2.63. The predicted octanol–water partition coefficient (Wildman–Crippen LogP) is 1.62. The Bertz CT molecular complexity index is 457. The monoisotopic (exact) mass is 289 g/mol. The lowest BCUT2D eigenvalue weighted by Crippen LogP contribution is -2.39. The van der Waals surface area contributed by atoms with Crippen LogP contribution in [0, 0.1) is 5.82 Å². The van der Waals surface area contributed by atoms with E-state index in [1.54, 1.807) is 14.0 Å². The van der Waals surface area contributed by atoms with Crippen LogP contribution < -0.4 is 16.4 Å². The summed E-state index contributed by atoms with van der Waals surface area (Å²) in [7, 11) is 1.55. The molecule has 0 saturated heterocycles. The Morgan fingerprint density at radius 2 is 2.26 bits per heavy atom. The Kier molecular flexibility index (Phi) is 5.85. The molecule has 0 aliphatic heterocycles. The van der Waals surface area contributed by atoms with Gasteiger partial charge in [-0.2, -0.15) is 0 Å². The maximum absolute atomic E-state index is 13.3. The summed E-state index contributed by atoms with van der Waals surface area (Å²) in [5.41, 5.74) is 6.31. The molecule has 1 atom stereocenters. The van der Waals surface area contributed by atoms with E-state index in [1.165, 1.54) is 6.07 Å². The number of hydrogen-bond acceptors (Lipinski definition) is 4. The summed E-state index contributed by atoms with van der Waals surface area (Å²) in [4.78, 5) is 11.7. The molecule has 1 unspecified atom stereocenters. The topological polar surface area (TPSA) is 76.4 Å². The lowest BCUT2D eigenvalue weighted by atomic mass is 10.2. The van der Waals surface area contributed by atoms with Crippen LogP contribution in [0.1, 0.15) is 6.92 Å². The van der Waals surface area contributed by atoms with E-state index in [4.69, 9.17) is 22.1 Å². The fourth-order valence-electron chi connectivity index (χ4n) is 1.42. The summed E-state index contributed by atoms with van der Waals surface area (Å²) in [6.07, 6.45) is 0. The lowest BCUT2D eigenvalue weighted by Gasteiger charge is -2.17. The van der Waals surface area contributed by atoms with Crippen molar-refractivity contribution in [1.82, 2.24) is 5.32 Å². The van der Waals surface area contributed by atoms with Gasteiger partial charge in [0.2, 0.25) is 5.91 Å². The number of nitrogen functional groups attached to an aromatic ring is 1. The molecule has 0 bridgehead atoms. The second-order valence-corrected chi connectivity index (χ2v) is 4.41. The number of halogens is 2. The first-order valence-corrected chi connectivity index (χ1v) is 6.11. The molecule has 1 aromatic carbocycles. The minimum atomic E-state index is -0.592. The van der Waals surface area contributed by atoms with Crippen molar-refractivity contribution in [2.24, 2.45) is 0 Å². The molecule has 0 aliphatic carbocycles. The standard InChI is InChI=1S/C12H17ClFN3O2/c1-7(12(18)16-3-4-19-2)17-11-6-9(14)8(13)5-10(11)15/h5-7,17H,3-4,15H2,1-2H3,(H,16,18). The summed E-state index contributed by atoms with van der Waals surface area (Å²) < 4.78 is 18.1. The molecule has 0 spiro atoms. The number of nitrogens with two attached hydrogens (primary N) is 1. The largest absolute Gasteiger partial charge is 0.397 e. The van der Waals surface area contributed by atoms with Crippen molar-refractivity contribution in [3.05, 3.63) is 23.0 Å². The molecule has 4 N–H and O–H groups in total. The van der Waals surface area contributed by atoms with Gasteiger partial charge in [0.15, 0.2) is 0 Å². The Morgan fingerprint density at radius 1 is 1.58 bits per heavy atom. The highest BCUT2D eigenvalue weighted by Gasteiger charge is 2.14. The summed E-state index contributed by atoms with van der Waals surface area (Å²) in [6, 6.07) is 1.91. The van der Waals surface area contributed by atoms with Gasteiger partial charge in [-0.3, -0.25) is 4.79 Å². The number of rotatable bonds is 6. The molecule has 5 nitrogen and oxygen atoms in total. The average molecular weight is 290 g/mol. The van der Waals surface area contributed by atoms with Gasteiger partial charge in [-0.25, -0.2) is 4.39 Å². The van der Waals surface area contributed by atoms with Gasteiger partial charge in [-0.15, -0.1) is 0 Å². The van der Waals surface area contributed by atoms with Crippen molar-refractivity contribution in [2.45, 2.75) is 13.0 Å². The second kappa shape index (κ2) is 7.16. The summed E-state index contributed by atoms with van der Waals surface area (Å²) >= 11 is 5.59. The first kappa shape index (κ1) is 15.5. The first-order chi connectivity index (χ1) is 8.95. The van der Waals surface area contributed by atoms with Crippen LogP contribution in [0.5, 0.6) is 0 Å². The highest BCUT2D eigenvalue weighted by Crippen LogP contribution is 2.26. The van der Waals surface area contributed by atoms with Crippen molar-refractivity contribution in [3.63, 3.8) is 0 Å². The van der Waals surface area contributed by atoms with E-state index in [2.05, 4.69) is 10.6 Å². The van der Waals surface area contributed by atoms with Crippen LogP contribution in [0.4, 0.5) is 15.8 Å². The number of carbonyl (C=O) groups is 1. The van der Waals surface area contributed by atoms with Crippen LogP contribution >= 0.6 is 11.6 Å². The fourth-order valence-corrected chi connectivity index (χ4v) is 1.59. The fraction of sp³-hybridized carbons (Fsp3) is 0.417. The third kappa shape index (κ3) is 4.57. The van der Waals surface area contributed by atoms with E-state index >= 15 is 0 Å². The summed E-state index contributed by atoms with van der Waals surface area (Å²) in [6.45, 7) is 2.48. The molecule has 0 heterocycles. The van der Waals surface area contributed by atoms with E-state index in [0.717, 1.165) is 6.07 Å². The van der Waals surface area contributed by atoms with Crippen LogP contribution in [0.3, 0.4) is 0 Å². The highest BCUT2D eigenvalue weighted by atomic mass is 35.5. The van der Waals surface area contributed by atoms with E-state index in [9.17, 15) is 9.18 Å². The SMILES string of the molecule is COCCNC(=O)C(C)Nc1cc(F)c(Cl)cc1N. The van der Waals surface area contributed by atoms with Gasteiger partial charge < -0.3 is 21.1 Å². The number of methoxy groups -OCH3 is 1. The number of hydrogen-bond donors (Lipinski definition) is 3. The third-order valence-corrected chi connectivity index (χ3v) is 2.75. The van der Waals surface area contributed by atoms with Crippen molar-refractivity contribution in [2.75, 3.05) is 31.3 Å². The van der Waals surface area contributed by atoms with E-state index < -0.39 is 11.9 Å². The minimum Gasteiger partial charge on any atom is -0.397 e. The smallest absolute Gasteiger partial charge is 0.242 e. The maximum atomic E-state index is 13.3.